The summed E-state index contributed by atoms with van der Waals surface area (Å²) in [5, 5.41) is 9.54. The molecule has 1 aromatic rings. The second-order valence-corrected chi connectivity index (χ2v) is 7.75. The first kappa shape index (κ1) is 18.7. The second-order valence-electron chi connectivity index (χ2n) is 6.66. The molecule has 0 bridgehead atoms. The minimum absolute atomic E-state index is 0.288. The zero-order valence-corrected chi connectivity index (χ0v) is 15.7. The van der Waals surface area contributed by atoms with Crippen LogP contribution in [0.5, 0.6) is 0 Å². The number of allylic oxidation sites excluding steroid dienone is 1. The summed E-state index contributed by atoms with van der Waals surface area (Å²) in [7, 11) is 6.88. The summed E-state index contributed by atoms with van der Waals surface area (Å²) in [5.41, 5.74) is 2.19. The van der Waals surface area contributed by atoms with E-state index in [9.17, 15) is 10.1 Å². The van der Waals surface area contributed by atoms with E-state index in [2.05, 4.69) is 6.07 Å². The normalized spacial score (nSPS) is 15.0. The zero-order chi connectivity index (χ0) is 17.7. The van der Waals surface area contributed by atoms with Gasteiger partial charge in [0, 0.05) is 18.0 Å². The smallest absolute Gasteiger partial charge is 0.410 e. The van der Waals surface area contributed by atoms with Crippen molar-refractivity contribution in [1.82, 2.24) is 4.90 Å². The molecule has 1 heterocycles. The Morgan fingerprint density at radius 3 is 2.29 bits per heavy atom. The van der Waals surface area contributed by atoms with Crippen LogP contribution in [0.15, 0.2) is 34.7 Å². The zero-order valence-electron chi connectivity index (χ0n) is 14.1. The number of hydrogen-bond acceptors (Lipinski definition) is 4. The highest BCUT2D eigenvalue weighted by Gasteiger charge is 2.25. The average molecular weight is 365 g/mol. The fourth-order valence-electron chi connectivity index (χ4n) is 2.56. The molecule has 0 aliphatic carbocycles. The molecule has 24 heavy (non-hydrogen) atoms. The van der Waals surface area contributed by atoms with Gasteiger partial charge in [-0.15, -0.1) is 0 Å². The molecule has 1 saturated heterocycles. The van der Waals surface area contributed by atoms with Crippen molar-refractivity contribution < 1.29 is 9.53 Å². The Balaban J connectivity index is 2.09. The standard InChI is InChI=1S/C18H21ClN2O2S/c1-18(2,3)23-17(22)21-10-8-14(9-11-21)16(12-20)13-4-6-15(24-19)7-5-13/h4-7H,8-11H2,1-3H3. The van der Waals surface area contributed by atoms with Gasteiger partial charge in [-0.1, -0.05) is 12.1 Å². The lowest BCUT2D eigenvalue weighted by molar-refractivity contribution is 0.0236. The largest absolute Gasteiger partial charge is 0.444 e. The first-order valence-corrected chi connectivity index (χ1v) is 9.47. The van der Waals surface area contributed by atoms with Crippen LogP contribution < -0.4 is 0 Å². The summed E-state index contributed by atoms with van der Waals surface area (Å²) in [6, 6.07) is 9.95. The molecule has 0 atom stereocenters. The number of ether oxygens (including phenoxy) is 1. The highest BCUT2D eigenvalue weighted by molar-refractivity contribution is 8.21. The molecule has 0 spiro atoms. The van der Waals surface area contributed by atoms with Crippen molar-refractivity contribution in [2.75, 3.05) is 13.1 Å². The van der Waals surface area contributed by atoms with Crippen LogP contribution >= 0.6 is 21.7 Å². The number of nitrogens with zero attached hydrogens (tertiary/aromatic N) is 2. The molecule has 6 heteroatoms. The van der Waals surface area contributed by atoms with E-state index < -0.39 is 5.60 Å². The van der Waals surface area contributed by atoms with Crippen LogP contribution in [0.1, 0.15) is 39.2 Å². The third kappa shape index (κ3) is 4.93. The van der Waals surface area contributed by atoms with Crippen LogP contribution in [0, 0.1) is 11.3 Å². The summed E-state index contributed by atoms with van der Waals surface area (Å²) < 4.78 is 5.40. The van der Waals surface area contributed by atoms with Gasteiger partial charge in [-0.2, -0.15) is 5.26 Å². The summed E-state index contributed by atoms with van der Waals surface area (Å²) in [4.78, 5) is 14.8. The molecule has 0 saturated carbocycles. The van der Waals surface area contributed by atoms with Crippen LogP contribution in [0.3, 0.4) is 0 Å². The van der Waals surface area contributed by atoms with E-state index in [0.717, 1.165) is 27.0 Å². The number of benzene rings is 1. The molecular weight excluding hydrogens is 344 g/mol. The number of rotatable bonds is 2. The monoisotopic (exact) mass is 364 g/mol. The van der Waals surface area contributed by atoms with Crippen LogP contribution in [-0.4, -0.2) is 29.7 Å². The molecule has 1 aliphatic rings. The Morgan fingerprint density at radius 1 is 1.25 bits per heavy atom. The third-order valence-electron chi connectivity index (χ3n) is 3.72. The lowest BCUT2D eigenvalue weighted by Gasteiger charge is -2.31. The fraction of sp³-hybridized carbons (Fsp3) is 0.444. The van der Waals surface area contributed by atoms with Gasteiger partial charge in [0.05, 0.1) is 11.6 Å². The average Bonchev–Trinajstić information content (AvgIpc) is 2.55. The third-order valence-corrected chi connectivity index (χ3v) is 4.70. The molecule has 1 fully saturated rings. The highest BCUT2D eigenvalue weighted by atomic mass is 35.7. The maximum Gasteiger partial charge on any atom is 0.410 e. The number of likely N-dealkylation sites (tertiary alicyclic amines) is 1. The second kappa shape index (κ2) is 7.96. The van der Waals surface area contributed by atoms with Crippen molar-refractivity contribution >= 4 is 33.3 Å². The van der Waals surface area contributed by atoms with Crippen molar-refractivity contribution in [3.63, 3.8) is 0 Å². The number of carbonyl (C=O) groups excluding carboxylic acids is 1. The lowest BCUT2D eigenvalue weighted by atomic mass is 9.94. The van der Waals surface area contributed by atoms with E-state index in [1.54, 1.807) is 4.90 Å². The molecule has 1 amide bonds. The van der Waals surface area contributed by atoms with Gasteiger partial charge in [0.1, 0.15) is 5.60 Å². The van der Waals surface area contributed by atoms with Gasteiger partial charge < -0.3 is 9.64 Å². The molecule has 0 aromatic heterocycles. The van der Waals surface area contributed by atoms with E-state index in [4.69, 9.17) is 15.4 Å². The molecule has 0 unspecified atom stereocenters. The van der Waals surface area contributed by atoms with Gasteiger partial charge in [-0.25, -0.2) is 4.79 Å². The molecule has 0 N–H and O–H groups in total. The van der Waals surface area contributed by atoms with Crippen molar-refractivity contribution in [2.45, 2.75) is 44.1 Å². The highest BCUT2D eigenvalue weighted by Crippen LogP contribution is 2.29. The molecular formula is C18H21ClN2O2S. The number of hydrogen-bond donors (Lipinski definition) is 0. The summed E-state index contributed by atoms with van der Waals surface area (Å²) in [6.45, 7) is 6.72. The summed E-state index contributed by atoms with van der Waals surface area (Å²) >= 11 is 0. The Bertz CT molecular complexity index is 662. The molecule has 1 aliphatic heterocycles. The molecule has 4 nitrogen and oxygen atoms in total. The van der Waals surface area contributed by atoms with Crippen molar-refractivity contribution in [1.29, 1.82) is 5.26 Å². The van der Waals surface area contributed by atoms with E-state index in [1.807, 2.05) is 45.0 Å². The van der Waals surface area contributed by atoms with E-state index in [1.165, 1.54) is 0 Å². The quantitative estimate of drug-likeness (QED) is 0.673. The number of piperidine rings is 1. The summed E-state index contributed by atoms with van der Waals surface area (Å²) in [6.07, 6.45) is 1.09. The van der Waals surface area contributed by atoms with Crippen LogP contribution in [0.25, 0.3) is 5.57 Å². The van der Waals surface area contributed by atoms with Gasteiger partial charge in [-0.3, -0.25) is 0 Å². The van der Waals surface area contributed by atoms with Crippen molar-refractivity contribution in [3.05, 3.63) is 35.4 Å². The number of halogens is 1. The van der Waals surface area contributed by atoms with E-state index >= 15 is 0 Å². The minimum Gasteiger partial charge on any atom is -0.444 e. The molecule has 128 valence electrons. The Kier molecular flexibility index (Phi) is 6.20. The Hall–Kier alpha value is -1.64. The topological polar surface area (TPSA) is 53.3 Å². The predicted molar refractivity (Wildman–Crippen MR) is 97.7 cm³/mol. The van der Waals surface area contributed by atoms with Gasteiger partial charge in [0.25, 0.3) is 0 Å². The number of amides is 1. The molecule has 0 radical (unpaired) electrons. The summed E-state index contributed by atoms with van der Waals surface area (Å²) in [5.74, 6) is 0. The van der Waals surface area contributed by atoms with Crippen molar-refractivity contribution in [2.24, 2.45) is 0 Å². The maximum atomic E-state index is 12.1. The van der Waals surface area contributed by atoms with Gasteiger partial charge in [0.2, 0.25) is 0 Å². The Labute approximate surface area is 151 Å². The van der Waals surface area contributed by atoms with Crippen LogP contribution in [-0.2, 0) is 4.74 Å². The lowest BCUT2D eigenvalue weighted by Crippen LogP contribution is -2.40. The minimum atomic E-state index is -0.493. The number of carbonyl (C=O) groups is 1. The van der Waals surface area contributed by atoms with E-state index in [-0.39, 0.29) is 6.09 Å². The SMILES string of the molecule is CC(C)(C)OC(=O)N1CCC(=C(C#N)c2ccc(SCl)cc2)CC1. The Morgan fingerprint density at radius 2 is 1.83 bits per heavy atom. The van der Waals surface area contributed by atoms with Crippen LogP contribution in [0.2, 0.25) is 0 Å². The first-order valence-electron chi connectivity index (χ1n) is 7.83. The van der Waals surface area contributed by atoms with Crippen LogP contribution in [0.4, 0.5) is 4.79 Å². The fourth-order valence-corrected chi connectivity index (χ4v) is 3.10. The van der Waals surface area contributed by atoms with Gasteiger partial charge >= 0.3 is 6.09 Å². The predicted octanol–water partition coefficient (Wildman–Crippen LogP) is 5.24. The maximum absolute atomic E-state index is 12.1. The van der Waals surface area contributed by atoms with E-state index in [0.29, 0.717) is 31.5 Å². The first-order chi connectivity index (χ1) is 11.3. The molecule has 1 aromatic carbocycles. The van der Waals surface area contributed by atoms with Gasteiger partial charge in [-0.05, 0) is 78.5 Å². The number of nitriles is 1. The van der Waals surface area contributed by atoms with Gasteiger partial charge in [0.15, 0.2) is 0 Å². The molecule has 2 rings (SSSR count). The van der Waals surface area contributed by atoms with Crippen molar-refractivity contribution in [3.8, 4) is 6.07 Å².